The van der Waals surface area contributed by atoms with Gasteiger partial charge in [0.1, 0.15) is 5.56 Å². The number of nitro groups is 1. The summed E-state index contributed by atoms with van der Waals surface area (Å²) in [6.45, 7) is -1.72. The molecule has 1 aromatic rings. The van der Waals surface area contributed by atoms with Gasteiger partial charge in [0, 0.05) is 5.33 Å². The summed E-state index contributed by atoms with van der Waals surface area (Å²) in [4.78, 5) is 21.7. The fraction of sp³-hybridized carbons (Fsp3) is 0.364. The van der Waals surface area contributed by atoms with Gasteiger partial charge in [0.2, 0.25) is 5.75 Å². The molecule has 1 aromatic carbocycles. The predicted octanol–water partition coefficient (Wildman–Crippen LogP) is 3.27. The zero-order valence-electron chi connectivity index (χ0n) is 10.3. The summed E-state index contributed by atoms with van der Waals surface area (Å²) < 4.78 is 33.4. The van der Waals surface area contributed by atoms with Crippen LogP contribution in [0.15, 0.2) is 12.1 Å². The summed E-state index contributed by atoms with van der Waals surface area (Å²) in [5, 5.41) is 11.2. The van der Waals surface area contributed by atoms with Crippen molar-refractivity contribution in [3.63, 3.8) is 0 Å². The second-order valence-corrected chi connectivity index (χ2v) is 4.04. The molecule has 0 aliphatic carbocycles. The van der Waals surface area contributed by atoms with Crippen molar-refractivity contribution >= 4 is 27.6 Å². The highest BCUT2D eigenvalue weighted by Crippen LogP contribution is 2.34. The van der Waals surface area contributed by atoms with Crippen LogP contribution in [0, 0.1) is 10.1 Å². The summed E-state index contributed by atoms with van der Waals surface area (Å²) in [6.07, 6.45) is 0. The van der Waals surface area contributed by atoms with E-state index in [0.29, 0.717) is 5.56 Å². The number of rotatable bonds is 6. The molecule has 0 N–H and O–H groups in total. The average molecular weight is 354 g/mol. The standard InChI is InChI=1S/C11H10BrF2NO5/c1-2-19-10(16)7-3-6(5-12)4-8(20-11(13)14)9(7)15(17)18/h3-4,11H,2,5H2,1H3. The normalized spacial score (nSPS) is 10.4. The second kappa shape index (κ2) is 7.13. The largest absolute Gasteiger partial charge is 0.462 e. The number of ether oxygens (including phenoxy) is 2. The zero-order chi connectivity index (χ0) is 15.3. The molecule has 20 heavy (non-hydrogen) atoms. The Balaban J connectivity index is 3.45. The van der Waals surface area contributed by atoms with Crippen LogP contribution in [0.5, 0.6) is 5.75 Å². The van der Waals surface area contributed by atoms with Crippen LogP contribution in [-0.2, 0) is 10.1 Å². The highest BCUT2D eigenvalue weighted by molar-refractivity contribution is 9.08. The Morgan fingerprint density at radius 3 is 2.60 bits per heavy atom. The zero-order valence-corrected chi connectivity index (χ0v) is 11.9. The second-order valence-electron chi connectivity index (χ2n) is 3.48. The van der Waals surface area contributed by atoms with Gasteiger partial charge < -0.3 is 9.47 Å². The summed E-state index contributed by atoms with van der Waals surface area (Å²) in [6, 6.07) is 2.27. The summed E-state index contributed by atoms with van der Waals surface area (Å²) in [5.41, 5.74) is -0.896. The van der Waals surface area contributed by atoms with Crippen molar-refractivity contribution in [1.82, 2.24) is 0 Å². The number of hydrogen-bond donors (Lipinski definition) is 0. The van der Waals surface area contributed by atoms with Gasteiger partial charge >= 0.3 is 18.3 Å². The van der Waals surface area contributed by atoms with Crippen molar-refractivity contribution in [1.29, 1.82) is 0 Å². The molecule has 110 valence electrons. The molecule has 1 rings (SSSR count). The molecular weight excluding hydrogens is 344 g/mol. The molecule has 0 saturated carbocycles. The minimum absolute atomic E-state index is 0.000431. The van der Waals surface area contributed by atoms with Crippen molar-refractivity contribution in [3.05, 3.63) is 33.4 Å². The van der Waals surface area contributed by atoms with Gasteiger partial charge in [-0.15, -0.1) is 0 Å². The van der Waals surface area contributed by atoms with Gasteiger partial charge in [-0.1, -0.05) is 15.9 Å². The third kappa shape index (κ3) is 3.86. The van der Waals surface area contributed by atoms with E-state index in [-0.39, 0.29) is 11.9 Å². The number of carbonyl (C=O) groups is 1. The van der Waals surface area contributed by atoms with E-state index in [9.17, 15) is 23.7 Å². The third-order valence-corrected chi connectivity index (χ3v) is 2.83. The van der Waals surface area contributed by atoms with Crippen LogP contribution in [0.3, 0.4) is 0 Å². The van der Waals surface area contributed by atoms with Crippen molar-refractivity contribution in [3.8, 4) is 5.75 Å². The Morgan fingerprint density at radius 2 is 2.15 bits per heavy atom. The molecule has 0 saturated heterocycles. The van der Waals surface area contributed by atoms with Crippen LogP contribution < -0.4 is 4.74 Å². The fourth-order valence-electron chi connectivity index (χ4n) is 1.48. The van der Waals surface area contributed by atoms with E-state index in [1.54, 1.807) is 0 Å². The van der Waals surface area contributed by atoms with Gasteiger partial charge in [-0.2, -0.15) is 8.78 Å². The number of benzene rings is 1. The monoisotopic (exact) mass is 353 g/mol. The topological polar surface area (TPSA) is 78.7 Å². The molecule has 9 heteroatoms. The minimum Gasteiger partial charge on any atom is -0.462 e. The van der Waals surface area contributed by atoms with E-state index >= 15 is 0 Å². The van der Waals surface area contributed by atoms with E-state index in [0.717, 1.165) is 6.07 Å². The number of nitro benzene ring substituents is 1. The lowest BCUT2D eigenvalue weighted by atomic mass is 10.1. The van der Waals surface area contributed by atoms with E-state index in [4.69, 9.17) is 0 Å². The van der Waals surface area contributed by atoms with Crippen molar-refractivity contribution in [2.24, 2.45) is 0 Å². The minimum atomic E-state index is -3.24. The lowest BCUT2D eigenvalue weighted by Gasteiger charge is -2.10. The predicted molar refractivity (Wildman–Crippen MR) is 68.3 cm³/mol. The Bertz CT molecular complexity index is 524. The van der Waals surface area contributed by atoms with E-state index < -0.39 is 34.5 Å². The van der Waals surface area contributed by atoms with Crippen LogP contribution in [0.4, 0.5) is 14.5 Å². The van der Waals surface area contributed by atoms with Gasteiger partial charge in [-0.3, -0.25) is 10.1 Å². The summed E-state index contributed by atoms with van der Waals surface area (Å²) >= 11 is 3.08. The first kappa shape index (κ1) is 16.3. The number of esters is 1. The summed E-state index contributed by atoms with van der Waals surface area (Å²) in [5.74, 6) is -1.65. The molecule has 0 aliphatic rings. The lowest BCUT2D eigenvalue weighted by molar-refractivity contribution is -0.386. The van der Waals surface area contributed by atoms with Crippen LogP contribution >= 0.6 is 15.9 Å². The first-order valence-corrected chi connectivity index (χ1v) is 6.52. The van der Waals surface area contributed by atoms with Crippen LogP contribution in [0.2, 0.25) is 0 Å². The molecule has 0 atom stereocenters. The van der Waals surface area contributed by atoms with Crippen LogP contribution in [0.1, 0.15) is 22.8 Å². The van der Waals surface area contributed by atoms with E-state index in [1.807, 2.05) is 0 Å². The third-order valence-electron chi connectivity index (χ3n) is 2.18. The maximum absolute atomic E-state index is 12.3. The van der Waals surface area contributed by atoms with Crippen molar-refractivity contribution in [2.75, 3.05) is 6.61 Å². The number of alkyl halides is 3. The first-order chi connectivity index (χ1) is 9.40. The summed E-state index contributed by atoms with van der Waals surface area (Å²) in [7, 11) is 0. The molecule has 0 bridgehead atoms. The highest BCUT2D eigenvalue weighted by Gasteiger charge is 2.29. The molecule has 0 spiro atoms. The van der Waals surface area contributed by atoms with Crippen LogP contribution in [-0.4, -0.2) is 24.1 Å². The molecule has 6 nitrogen and oxygen atoms in total. The number of nitrogens with zero attached hydrogens (tertiary/aromatic N) is 1. The van der Waals surface area contributed by atoms with Crippen molar-refractivity contribution < 1.29 is 28.0 Å². The van der Waals surface area contributed by atoms with E-state index in [1.165, 1.54) is 13.0 Å². The molecule has 0 unspecified atom stereocenters. The molecule has 0 heterocycles. The molecular formula is C11H10BrF2NO5. The maximum atomic E-state index is 12.3. The smallest absolute Gasteiger partial charge is 0.387 e. The first-order valence-electron chi connectivity index (χ1n) is 5.39. The van der Waals surface area contributed by atoms with Crippen LogP contribution in [0.25, 0.3) is 0 Å². The Labute approximate surface area is 120 Å². The molecule has 0 aliphatic heterocycles. The van der Waals surface area contributed by atoms with Gasteiger partial charge in [-0.25, -0.2) is 4.79 Å². The SMILES string of the molecule is CCOC(=O)c1cc(CBr)cc(OC(F)F)c1[N+](=O)[O-]. The van der Waals surface area contributed by atoms with Crippen molar-refractivity contribution in [2.45, 2.75) is 18.9 Å². The maximum Gasteiger partial charge on any atom is 0.387 e. The molecule has 0 radical (unpaired) electrons. The number of carbonyl (C=O) groups excluding carboxylic acids is 1. The number of hydrogen-bond acceptors (Lipinski definition) is 5. The van der Waals surface area contributed by atoms with Gasteiger partial charge in [0.15, 0.2) is 0 Å². The van der Waals surface area contributed by atoms with Gasteiger partial charge in [-0.05, 0) is 24.6 Å². The Kier molecular flexibility index (Phi) is 5.81. The molecule has 0 aromatic heterocycles. The quantitative estimate of drug-likeness (QED) is 0.339. The Morgan fingerprint density at radius 1 is 1.50 bits per heavy atom. The lowest BCUT2D eigenvalue weighted by Crippen LogP contribution is -2.12. The fourth-order valence-corrected chi connectivity index (χ4v) is 1.80. The molecule has 0 fully saturated rings. The van der Waals surface area contributed by atoms with Gasteiger partial charge in [0.25, 0.3) is 0 Å². The number of halogens is 3. The Hall–Kier alpha value is -1.77. The van der Waals surface area contributed by atoms with Gasteiger partial charge in [0.05, 0.1) is 11.5 Å². The average Bonchev–Trinajstić information content (AvgIpc) is 2.36. The highest BCUT2D eigenvalue weighted by atomic mass is 79.9. The molecule has 0 amide bonds. The van der Waals surface area contributed by atoms with E-state index in [2.05, 4.69) is 25.4 Å².